The van der Waals surface area contributed by atoms with Crippen LogP contribution in [0.25, 0.3) is 0 Å². The number of carbonyl (C=O) groups excluding carboxylic acids is 3. The predicted octanol–water partition coefficient (Wildman–Crippen LogP) is 1.28. The summed E-state index contributed by atoms with van der Waals surface area (Å²) in [6.07, 6.45) is 10.2. The zero-order valence-electron chi connectivity index (χ0n) is 18.9. The van der Waals surface area contributed by atoms with Crippen LogP contribution in [0.15, 0.2) is 0 Å². The average molecular weight is 437 g/mol. The van der Waals surface area contributed by atoms with Gasteiger partial charge in [-0.3, -0.25) is 14.4 Å². The number of hydrogen-bond acceptors (Lipinski definition) is 5. The van der Waals surface area contributed by atoms with Gasteiger partial charge < -0.3 is 25.6 Å². The number of nitrogens with one attached hydrogen (secondary N) is 1. The van der Waals surface area contributed by atoms with Gasteiger partial charge in [0.25, 0.3) is 0 Å². The Labute approximate surface area is 186 Å². The lowest BCUT2D eigenvalue weighted by atomic mass is 9.81. The van der Waals surface area contributed by atoms with E-state index in [0.29, 0.717) is 45.2 Å². The summed E-state index contributed by atoms with van der Waals surface area (Å²) in [4.78, 5) is 42.2. The second kappa shape index (κ2) is 12.4. The van der Waals surface area contributed by atoms with E-state index in [0.717, 1.165) is 38.8 Å². The summed E-state index contributed by atoms with van der Waals surface area (Å²) in [5.41, 5.74) is 5.64. The first-order valence-corrected chi connectivity index (χ1v) is 12.2. The van der Waals surface area contributed by atoms with Crippen LogP contribution in [0.1, 0.15) is 64.2 Å². The van der Waals surface area contributed by atoms with Gasteiger partial charge in [-0.25, -0.2) is 0 Å². The van der Waals surface area contributed by atoms with Crippen LogP contribution in [0.4, 0.5) is 0 Å². The third-order valence-corrected chi connectivity index (χ3v) is 7.05. The summed E-state index contributed by atoms with van der Waals surface area (Å²) in [7, 11) is 0. The molecule has 0 aromatic heterocycles. The smallest absolute Gasteiger partial charge is 0.241 e. The monoisotopic (exact) mass is 436 g/mol. The minimum Gasteiger partial charge on any atom is -0.378 e. The van der Waals surface area contributed by atoms with Gasteiger partial charge in [-0.05, 0) is 38.3 Å². The Morgan fingerprint density at radius 3 is 2.23 bits per heavy atom. The number of piperidine rings is 1. The Balaban J connectivity index is 1.62. The molecule has 0 spiro atoms. The predicted molar refractivity (Wildman–Crippen MR) is 118 cm³/mol. The normalized spacial score (nSPS) is 23.2. The molecule has 0 aromatic rings. The number of nitrogens with zero attached hydrogens (tertiary/aromatic N) is 2. The van der Waals surface area contributed by atoms with Crippen LogP contribution in [0.5, 0.6) is 0 Å². The van der Waals surface area contributed by atoms with Crippen molar-refractivity contribution in [2.45, 2.75) is 70.3 Å². The molecule has 0 bridgehead atoms. The van der Waals surface area contributed by atoms with E-state index in [1.165, 1.54) is 25.7 Å². The summed E-state index contributed by atoms with van der Waals surface area (Å²) in [5, 5.41) is 2.91. The van der Waals surface area contributed by atoms with E-state index in [9.17, 15) is 14.4 Å². The van der Waals surface area contributed by atoms with Crippen molar-refractivity contribution >= 4 is 17.7 Å². The highest BCUT2D eigenvalue weighted by molar-refractivity contribution is 5.90. The fourth-order valence-electron chi connectivity index (χ4n) is 5.16. The van der Waals surface area contributed by atoms with Gasteiger partial charge in [0.1, 0.15) is 6.04 Å². The molecule has 31 heavy (non-hydrogen) atoms. The first-order chi connectivity index (χ1) is 15.0. The molecule has 3 aliphatic rings. The van der Waals surface area contributed by atoms with Crippen molar-refractivity contribution in [3.05, 3.63) is 0 Å². The molecule has 8 heteroatoms. The zero-order chi connectivity index (χ0) is 22.1. The van der Waals surface area contributed by atoms with Crippen LogP contribution in [0, 0.1) is 11.8 Å². The molecule has 2 aliphatic heterocycles. The lowest BCUT2D eigenvalue weighted by Gasteiger charge is -2.32. The molecule has 1 aliphatic carbocycles. The Kier molecular flexibility index (Phi) is 9.58. The fourth-order valence-corrected chi connectivity index (χ4v) is 5.16. The van der Waals surface area contributed by atoms with E-state index in [1.54, 1.807) is 4.90 Å². The molecule has 0 aromatic carbocycles. The quantitative estimate of drug-likeness (QED) is 0.566. The maximum absolute atomic E-state index is 13.3. The molecule has 2 atom stereocenters. The van der Waals surface area contributed by atoms with E-state index in [-0.39, 0.29) is 18.2 Å². The molecule has 8 nitrogen and oxygen atoms in total. The van der Waals surface area contributed by atoms with Gasteiger partial charge in [0, 0.05) is 32.0 Å². The van der Waals surface area contributed by atoms with Crippen molar-refractivity contribution in [1.29, 1.82) is 0 Å². The highest BCUT2D eigenvalue weighted by atomic mass is 16.5. The number of morpholine rings is 1. The van der Waals surface area contributed by atoms with Gasteiger partial charge in [-0.15, -0.1) is 0 Å². The van der Waals surface area contributed by atoms with Crippen LogP contribution in [-0.4, -0.2) is 79.5 Å². The van der Waals surface area contributed by atoms with E-state index in [1.807, 2.05) is 0 Å². The number of primary amides is 1. The SMILES string of the molecule is NC(=O)C(CN1CCCCC1)NC(=O)C(CC(=O)N1CCOCC1)CC1CCCCC1. The molecular formula is C23H40N4O4. The van der Waals surface area contributed by atoms with Crippen LogP contribution in [0.3, 0.4) is 0 Å². The minimum atomic E-state index is -0.710. The Hall–Kier alpha value is -1.67. The van der Waals surface area contributed by atoms with Gasteiger partial charge in [0.05, 0.1) is 13.2 Å². The summed E-state index contributed by atoms with van der Waals surface area (Å²) in [6.45, 7) is 4.57. The Bertz CT molecular complexity index is 596. The number of ether oxygens (including phenoxy) is 1. The van der Waals surface area contributed by atoms with Crippen molar-refractivity contribution < 1.29 is 19.1 Å². The molecule has 3 fully saturated rings. The molecule has 176 valence electrons. The van der Waals surface area contributed by atoms with Gasteiger partial charge in [0.15, 0.2) is 0 Å². The lowest BCUT2D eigenvalue weighted by molar-refractivity contribution is -0.140. The summed E-state index contributed by atoms with van der Waals surface area (Å²) in [5.74, 6) is -0.647. The Morgan fingerprint density at radius 2 is 1.58 bits per heavy atom. The summed E-state index contributed by atoms with van der Waals surface area (Å²) < 4.78 is 5.35. The summed E-state index contributed by atoms with van der Waals surface area (Å²) in [6, 6.07) is -0.710. The average Bonchev–Trinajstić information content (AvgIpc) is 2.80. The van der Waals surface area contributed by atoms with E-state index in [4.69, 9.17) is 10.5 Å². The van der Waals surface area contributed by atoms with Gasteiger partial charge >= 0.3 is 0 Å². The third kappa shape index (κ3) is 7.75. The molecule has 2 saturated heterocycles. The minimum absolute atomic E-state index is 0.00548. The molecule has 1 saturated carbocycles. The molecule has 2 heterocycles. The molecule has 3 amide bonds. The fraction of sp³-hybridized carbons (Fsp3) is 0.870. The Morgan fingerprint density at radius 1 is 0.935 bits per heavy atom. The largest absolute Gasteiger partial charge is 0.378 e. The van der Waals surface area contributed by atoms with Gasteiger partial charge in [-0.1, -0.05) is 38.5 Å². The van der Waals surface area contributed by atoms with Crippen LogP contribution < -0.4 is 11.1 Å². The number of rotatable bonds is 9. The van der Waals surface area contributed by atoms with Crippen molar-refractivity contribution in [2.24, 2.45) is 17.6 Å². The highest BCUT2D eigenvalue weighted by Gasteiger charge is 2.31. The number of likely N-dealkylation sites (tertiary alicyclic amines) is 1. The lowest BCUT2D eigenvalue weighted by Crippen LogP contribution is -2.53. The van der Waals surface area contributed by atoms with E-state index in [2.05, 4.69) is 10.2 Å². The highest BCUT2D eigenvalue weighted by Crippen LogP contribution is 2.30. The maximum Gasteiger partial charge on any atom is 0.241 e. The van der Waals surface area contributed by atoms with Crippen LogP contribution in [0.2, 0.25) is 0 Å². The van der Waals surface area contributed by atoms with Crippen molar-refractivity contribution in [1.82, 2.24) is 15.1 Å². The molecule has 3 N–H and O–H groups in total. The second-order valence-corrected chi connectivity index (χ2v) is 9.46. The third-order valence-electron chi connectivity index (χ3n) is 7.05. The molecule has 3 rings (SSSR count). The maximum atomic E-state index is 13.3. The number of amides is 3. The number of hydrogen-bond donors (Lipinski definition) is 2. The topological polar surface area (TPSA) is 105 Å². The molecular weight excluding hydrogens is 396 g/mol. The van der Waals surface area contributed by atoms with Crippen LogP contribution in [-0.2, 0) is 19.1 Å². The molecule has 0 radical (unpaired) electrons. The standard InChI is InChI=1S/C23H40N4O4/c24-22(29)20(17-26-9-5-2-6-10-26)25-23(30)19(15-18-7-3-1-4-8-18)16-21(28)27-11-13-31-14-12-27/h18-20H,1-17H2,(H2,24,29)(H,25,30). The first kappa shape index (κ1) is 24.0. The zero-order valence-corrected chi connectivity index (χ0v) is 18.9. The first-order valence-electron chi connectivity index (χ1n) is 12.2. The number of carbonyl (C=O) groups is 3. The van der Waals surface area contributed by atoms with Crippen molar-refractivity contribution in [3.63, 3.8) is 0 Å². The summed E-state index contributed by atoms with van der Waals surface area (Å²) >= 11 is 0. The van der Waals surface area contributed by atoms with Crippen molar-refractivity contribution in [2.75, 3.05) is 45.9 Å². The molecule has 2 unspecified atom stereocenters. The number of nitrogens with two attached hydrogens (primary N) is 1. The van der Waals surface area contributed by atoms with Gasteiger partial charge in [0.2, 0.25) is 17.7 Å². The second-order valence-electron chi connectivity index (χ2n) is 9.46. The van der Waals surface area contributed by atoms with E-state index >= 15 is 0 Å². The van der Waals surface area contributed by atoms with E-state index < -0.39 is 17.9 Å². The van der Waals surface area contributed by atoms with Gasteiger partial charge in [-0.2, -0.15) is 0 Å². The van der Waals surface area contributed by atoms with Crippen LogP contribution >= 0.6 is 0 Å². The van der Waals surface area contributed by atoms with Crippen molar-refractivity contribution in [3.8, 4) is 0 Å².